The van der Waals surface area contributed by atoms with Gasteiger partial charge in [-0.25, -0.2) is 8.78 Å². The Hall–Kier alpha value is -1.41. The van der Waals surface area contributed by atoms with Crippen LogP contribution < -0.4 is 5.32 Å². The number of anilines is 1. The van der Waals surface area contributed by atoms with Gasteiger partial charge in [-0.3, -0.25) is 4.79 Å². The highest BCUT2D eigenvalue weighted by Crippen LogP contribution is 2.36. The number of allylic oxidation sites excluding steroid dienone is 1. The fourth-order valence-corrected chi connectivity index (χ4v) is 3.51. The average Bonchev–Trinajstić information content (AvgIpc) is 2.53. The molecule has 2 aromatic carbocycles. The molecule has 132 valence electrons. The second kappa shape index (κ2) is 8.80. The summed E-state index contributed by atoms with van der Waals surface area (Å²) in [4.78, 5) is 12.2. The number of nitrogens with one attached hydrogen (secondary N) is 1. The summed E-state index contributed by atoms with van der Waals surface area (Å²) in [6, 6.07) is 8.15. The highest BCUT2D eigenvalue weighted by molar-refractivity contribution is 9.10. The maximum atomic E-state index is 14.1. The summed E-state index contributed by atoms with van der Waals surface area (Å²) >= 11 is 10.1. The van der Waals surface area contributed by atoms with Gasteiger partial charge in [0.1, 0.15) is 16.7 Å². The minimum Gasteiger partial charge on any atom is -0.344 e. The van der Waals surface area contributed by atoms with Crippen LogP contribution in [0.5, 0.6) is 0 Å². The zero-order chi connectivity index (χ0) is 18.6. The van der Waals surface area contributed by atoms with Crippen molar-refractivity contribution in [2.24, 2.45) is 0 Å². The first-order valence-corrected chi connectivity index (χ1v) is 8.88. The summed E-state index contributed by atoms with van der Waals surface area (Å²) in [6.07, 6.45) is 0. The van der Waals surface area contributed by atoms with E-state index in [2.05, 4.69) is 21.2 Å². The quantitative estimate of drug-likeness (QED) is 0.431. The van der Waals surface area contributed by atoms with Crippen LogP contribution in [0.25, 0.3) is 5.57 Å². The molecule has 0 aliphatic carbocycles. The molecular formula is C17H13BrClF2NO2S. The van der Waals surface area contributed by atoms with Gasteiger partial charge >= 0.3 is 0 Å². The fourth-order valence-electron chi connectivity index (χ4n) is 2.10. The Balaban J connectivity index is 2.64. The third kappa shape index (κ3) is 4.82. The molecule has 0 amide bonds. The van der Waals surface area contributed by atoms with Crippen molar-refractivity contribution in [3.63, 3.8) is 0 Å². The molecule has 8 heteroatoms. The summed E-state index contributed by atoms with van der Waals surface area (Å²) in [5.74, 6) is -1.35. The Morgan fingerprint density at radius 1 is 1.28 bits per heavy atom. The van der Waals surface area contributed by atoms with Crippen molar-refractivity contribution in [3.05, 3.63) is 68.1 Å². The third-order valence-electron chi connectivity index (χ3n) is 3.15. The molecule has 2 rings (SSSR count). The molecule has 0 bridgehead atoms. The summed E-state index contributed by atoms with van der Waals surface area (Å²) < 4.78 is 32.9. The first kappa shape index (κ1) is 19.9. The van der Waals surface area contributed by atoms with Crippen LogP contribution in [-0.2, 0) is 8.98 Å². The molecule has 0 heterocycles. The molecule has 0 saturated carbocycles. The zero-order valence-corrected chi connectivity index (χ0v) is 16.4. The van der Waals surface area contributed by atoms with E-state index in [0.717, 1.165) is 12.0 Å². The number of carbonyl (C=O) groups excluding carboxylic acids is 1. The molecule has 0 saturated heterocycles. The van der Waals surface area contributed by atoms with Gasteiger partial charge in [0.05, 0.1) is 23.4 Å². The third-order valence-corrected chi connectivity index (χ3v) is 4.76. The second-order valence-corrected chi connectivity index (χ2v) is 7.03. The van der Waals surface area contributed by atoms with E-state index in [4.69, 9.17) is 15.8 Å². The standard InChI is InChI=1S/C17H13BrClF2NO2S/c1-9(23)15(11-7-6-10(20)8-12(11)18)17(25-24-2)22-16-13(19)4-3-5-14(16)21/h3-8,22H,1-2H3/b17-15+. The minimum absolute atomic E-state index is 0.0145. The predicted octanol–water partition coefficient (Wildman–Crippen LogP) is 6.05. The van der Waals surface area contributed by atoms with Gasteiger partial charge < -0.3 is 9.50 Å². The number of rotatable bonds is 6. The maximum Gasteiger partial charge on any atom is 0.163 e. The largest absolute Gasteiger partial charge is 0.344 e. The Morgan fingerprint density at radius 2 is 2.00 bits per heavy atom. The lowest BCUT2D eigenvalue weighted by molar-refractivity contribution is -0.111. The number of ketones is 1. The predicted molar refractivity (Wildman–Crippen MR) is 101 cm³/mol. The Labute approximate surface area is 161 Å². The normalized spacial score (nSPS) is 11.9. The summed E-state index contributed by atoms with van der Waals surface area (Å²) in [7, 11) is 1.41. The summed E-state index contributed by atoms with van der Waals surface area (Å²) in [5.41, 5.74) is 0.659. The topological polar surface area (TPSA) is 38.3 Å². The molecule has 25 heavy (non-hydrogen) atoms. The van der Waals surface area contributed by atoms with Gasteiger partial charge in [-0.1, -0.05) is 39.7 Å². The molecule has 0 fully saturated rings. The molecule has 0 radical (unpaired) electrons. The lowest BCUT2D eigenvalue weighted by Gasteiger charge is -2.16. The van der Waals surface area contributed by atoms with Crippen LogP contribution in [-0.4, -0.2) is 12.9 Å². The van der Waals surface area contributed by atoms with Crippen LogP contribution in [0.4, 0.5) is 14.5 Å². The van der Waals surface area contributed by atoms with Crippen LogP contribution in [0.3, 0.4) is 0 Å². The number of para-hydroxylation sites is 1. The molecule has 0 aromatic heterocycles. The van der Waals surface area contributed by atoms with Crippen molar-refractivity contribution in [2.45, 2.75) is 6.92 Å². The van der Waals surface area contributed by atoms with Crippen LogP contribution in [0, 0.1) is 11.6 Å². The van der Waals surface area contributed by atoms with E-state index in [0.29, 0.717) is 10.0 Å². The van der Waals surface area contributed by atoms with Gasteiger partial charge in [0.2, 0.25) is 0 Å². The van der Waals surface area contributed by atoms with E-state index in [1.165, 1.54) is 50.4 Å². The van der Waals surface area contributed by atoms with Crippen molar-refractivity contribution < 1.29 is 17.8 Å². The Morgan fingerprint density at radius 3 is 2.56 bits per heavy atom. The average molecular weight is 449 g/mol. The van der Waals surface area contributed by atoms with Crippen molar-refractivity contribution in [3.8, 4) is 0 Å². The number of Topliss-reactive ketones (excluding diaryl/α,β-unsaturated/α-hetero) is 1. The Bertz CT molecular complexity index is 825. The molecule has 1 N–H and O–H groups in total. The van der Waals surface area contributed by atoms with E-state index in [9.17, 15) is 13.6 Å². The van der Waals surface area contributed by atoms with Gasteiger partial charge in [0.25, 0.3) is 0 Å². The highest BCUT2D eigenvalue weighted by Gasteiger charge is 2.20. The Kier molecular flexibility index (Phi) is 7.01. The number of halogens is 4. The van der Waals surface area contributed by atoms with E-state index >= 15 is 0 Å². The molecule has 3 nitrogen and oxygen atoms in total. The summed E-state index contributed by atoms with van der Waals surface area (Å²) in [5, 5.41) is 3.19. The minimum atomic E-state index is -0.581. The lowest BCUT2D eigenvalue weighted by Crippen LogP contribution is -2.08. The smallest absolute Gasteiger partial charge is 0.163 e. The molecule has 0 aliphatic rings. The van der Waals surface area contributed by atoms with E-state index in [1.807, 2.05) is 0 Å². The molecule has 2 aromatic rings. The van der Waals surface area contributed by atoms with Crippen LogP contribution >= 0.6 is 39.6 Å². The molecule has 0 spiro atoms. The van der Waals surface area contributed by atoms with E-state index in [-0.39, 0.29) is 27.1 Å². The SMILES string of the molecule is COS/C(Nc1c(F)cccc1Cl)=C(\C(C)=O)c1ccc(F)cc1Br. The zero-order valence-electron chi connectivity index (χ0n) is 13.2. The van der Waals surface area contributed by atoms with Crippen LogP contribution in [0.1, 0.15) is 12.5 Å². The van der Waals surface area contributed by atoms with Gasteiger partial charge in [-0.2, -0.15) is 0 Å². The monoisotopic (exact) mass is 447 g/mol. The van der Waals surface area contributed by atoms with Crippen LogP contribution in [0.15, 0.2) is 45.9 Å². The maximum absolute atomic E-state index is 14.1. The lowest BCUT2D eigenvalue weighted by atomic mass is 10.0. The van der Waals surface area contributed by atoms with Crippen molar-refractivity contribution in [1.29, 1.82) is 0 Å². The van der Waals surface area contributed by atoms with E-state index in [1.54, 1.807) is 0 Å². The highest BCUT2D eigenvalue weighted by atomic mass is 79.9. The van der Waals surface area contributed by atoms with Gasteiger partial charge in [0.15, 0.2) is 5.78 Å². The van der Waals surface area contributed by atoms with Gasteiger partial charge in [-0.05, 0) is 31.2 Å². The number of hydrogen-bond donors (Lipinski definition) is 1. The van der Waals surface area contributed by atoms with Gasteiger partial charge in [0, 0.05) is 22.1 Å². The number of benzene rings is 2. The first-order valence-electron chi connectivity index (χ1n) is 6.97. The fraction of sp³-hybridized carbons (Fsp3) is 0.118. The van der Waals surface area contributed by atoms with Crippen molar-refractivity contribution >= 4 is 56.6 Å². The van der Waals surface area contributed by atoms with Crippen LogP contribution in [0.2, 0.25) is 5.02 Å². The molecular weight excluding hydrogens is 436 g/mol. The first-order chi connectivity index (χ1) is 11.8. The van der Waals surface area contributed by atoms with Crippen molar-refractivity contribution in [1.82, 2.24) is 0 Å². The number of carbonyl (C=O) groups is 1. The number of hydrogen-bond acceptors (Lipinski definition) is 4. The molecule has 0 unspecified atom stereocenters. The van der Waals surface area contributed by atoms with Crippen molar-refractivity contribution in [2.75, 3.05) is 12.4 Å². The molecule has 0 atom stereocenters. The second-order valence-electron chi connectivity index (χ2n) is 4.86. The molecule has 0 aliphatic heterocycles. The summed E-state index contributed by atoms with van der Waals surface area (Å²) in [6.45, 7) is 1.35. The van der Waals surface area contributed by atoms with Gasteiger partial charge in [-0.15, -0.1) is 0 Å². The van der Waals surface area contributed by atoms with E-state index < -0.39 is 11.6 Å².